The maximum Gasteiger partial charge on any atom is 0.323 e. The zero-order chi connectivity index (χ0) is 24.9. The number of aliphatic hydroxyl groups is 1. The minimum Gasteiger partial charge on any atom is -0.396 e. The lowest BCUT2D eigenvalue weighted by Gasteiger charge is -2.28. The minimum atomic E-state index is -0.746. The number of piperidine rings is 1. The van der Waals surface area contributed by atoms with Crippen molar-refractivity contribution in [1.82, 2.24) is 9.47 Å². The van der Waals surface area contributed by atoms with Crippen LogP contribution in [0.5, 0.6) is 0 Å². The number of hydrogen-bond donors (Lipinski definition) is 2. The van der Waals surface area contributed by atoms with Gasteiger partial charge >= 0.3 is 6.03 Å². The quantitative estimate of drug-likeness (QED) is 0.521. The van der Waals surface area contributed by atoms with Gasteiger partial charge in [0.25, 0.3) is 0 Å². The number of ketones is 1. The summed E-state index contributed by atoms with van der Waals surface area (Å²) in [4.78, 5) is 40.2. The summed E-state index contributed by atoms with van der Waals surface area (Å²) in [6.07, 6.45) is 2.38. The third kappa shape index (κ3) is 4.21. The van der Waals surface area contributed by atoms with Gasteiger partial charge in [-0.25, -0.2) is 9.18 Å². The van der Waals surface area contributed by atoms with Gasteiger partial charge in [0.2, 0.25) is 5.91 Å². The third-order valence-corrected chi connectivity index (χ3v) is 7.55. The van der Waals surface area contributed by atoms with E-state index in [1.807, 2.05) is 12.1 Å². The molecule has 2 heterocycles. The molecule has 0 radical (unpaired) electrons. The molecule has 3 aromatic rings. The number of para-hydroxylation sites is 1. The van der Waals surface area contributed by atoms with Crippen molar-refractivity contribution in [3.63, 3.8) is 0 Å². The van der Waals surface area contributed by atoms with E-state index in [2.05, 4.69) is 0 Å². The van der Waals surface area contributed by atoms with E-state index in [9.17, 15) is 23.9 Å². The standard InChI is InChI=1S/C26H25ClFN3O4/c27-20-6-3-5-18(24(20)28)16(13-32)9-22(33)25-19-8-14(19)12-31(25)23(34)10-15-11-30(26(29)35)21-7-2-1-4-17(15)21/h1-7,11,14,16,19,25,32H,8-10,12-13H2,(H2,29,35)/t14-,16-,19-,25+/m1/s1. The Morgan fingerprint density at radius 3 is 2.69 bits per heavy atom. The number of primary amides is 1. The molecule has 2 aliphatic rings. The van der Waals surface area contributed by atoms with E-state index >= 15 is 0 Å². The Hall–Kier alpha value is -3.23. The number of Topliss-reactive ketones (excluding diaryl/α,β-unsaturated/α-hetero) is 1. The monoisotopic (exact) mass is 497 g/mol. The molecule has 0 unspecified atom stereocenters. The predicted octanol–water partition coefficient (Wildman–Crippen LogP) is 3.49. The molecule has 2 aromatic carbocycles. The molecule has 0 spiro atoms. The average Bonchev–Trinajstić information content (AvgIpc) is 3.34. The van der Waals surface area contributed by atoms with Crippen LogP contribution in [0, 0.1) is 17.7 Å². The second kappa shape index (κ2) is 9.09. The molecule has 0 bridgehead atoms. The van der Waals surface area contributed by atoms with Crippen LogP contribution in [-0.4, -0.2) is 51.5 Å². The van der Waals surface area contributed by atoms with Crippen LogP contribution in [0.3, 0.4) is 0 Å². The van der Waals surface area contributed by atoms with E-state index in [0.29, 0.717) is 17.6 Å². The second-order valence-corrected chi connectivity index (χ2v) is 9.81. The van der Waals surface area contributed by atoms with Crippen LogP contribution in [0.15, 0.2) is 48.7 Å². The number of benzene rings is 2. The molecule has 182 valence electrons. The first-order valence-electron chi connectivity index (χ1n) is 11.6. The number of likely N-dealkylation sites (tertiary alicyclic amines) is 1. The lowest BCUT2D eigenvalue weighted by molar-refractivity contribution is -0.138. The summed E-state index contributed by atoms with van der Waals surface area (Å²) in [5.41, 5.74) is 6.96. The molecule has 35 heavy (non-hydrogen) atoms. The molecule has 7 nitrogen and oxygen atoms in total. The number of carbonyl (C=O) groups excluding carboxylic acids is 3. The average molecular weight is 498 g/mol. The van der Waals surface area contributed by atoms with Gasteiger partial charge in [0.15, 0.2) is 5.78 Å². The number of halogens is 2. The van der Waals surface area contributed by atoms with Crippen molar-refractivity contribution in [2.75, 3.05) is 13.2 Å². The Bertz CT molecular complexity index is 1340. The molecule has 2 amide bonds. The molecule has 1 aliphatic carbocycles. The van der Waals surface area contributed by atoms with Crippen molar-refractivity contribution in [3.05, 3.63) is 70.6 Å². The van der Waals surface area contributed by atoms with E-state index < -0.39 is 30.4 Å². The van der Waals surface area contributed by atoms with E-state index in [-0.39, 0.29) is 47.0 Å². The number of aromatic nitrogens is 1. The molecule has 1 aromatic heterocycles. The summed E-state index contributed by atoms with van der Waals surface area (Å²) in [5.74, 6) is -1.43. The number of rotatable bonds is 7. The van der Waals surface area contributed by atoms with Gasteiger partial charge in [0, 0.05) is 30.5 Å². The zero-order valence-electron chi connectivity index (χ0n) is 18.9. The molecular formula is C26H25ClFN3O4. The first-order valence-corrected chi connectivity index (χ1v) is 11.9. The Kier molecular flexibility index (Phi) is 6.11. The number of amides is 2. The maximum atomic E-state index is 14.5. The Morgan fingerprint density at radius 1 is 1.17 bits per heavy atom. The van der Waals surface area contributed by atoms with E-state index in [4.69, 9.17) is 17.3 Å². The lowest BCUT2D eigenvalue weighted by atomic mass is 9.90. The van der Waals surface area contributed by atoms with E-state index in [0.717, 1.165) is 11.8 Å². The van der Waals surface area contributed by atoms with Gasteiger partial charge in [-0.05, 0) is 41.5 Å². The number of fused-ring (bicyclic) bond motifs is 2. The van der Waals surface area contributed by atoms with E-state index in [1.54, 1.807) is 29.3 Å². The number of nitrogens with zero attached hydrogens (tertiary/aromatic N) is 2. The van der Waals surface area contributed by atoms with Gasteiger partial charge in [0.05, 0.1) is 29.6 Å². The van der Waals surface area contributed by atoms with Crippen molar-refractivity contribution in [1.29, 1.82) is 0 Å². The minimum absolute atomic E-state index is 0.0242. The first kappa shape index (κ1) is 23.5. The number of hydrogen-bond acceptors (Lipinski definition) is 4. The fourth-order valence-electron chi connectivity index (χ4n) is 5.44. The van der Waals surface area contributed by atoms with Crippen molar-refractivity contribution in [2.24, 2.45) is 17.6 Å². The summed E-state index contributed by atoms with van der Waals surface area (Å²) in [7, 11) is 0. The van der Waals surface area contributed by atoms with Gasteiger partial charge in [-0.3, -0.25) is 14.2 Å². The molecular weight excluding hydrogens is 473 g/mol. The maximum absolute atomic E-state index is 14.5. The topological polar surface area (TPSA) is 106 Å². The largest absolute Gasteiger partial charge is 0.396 e. The Morgan fingerprint density at radius 2 is 1.94 bits per heavy atom. The van der Waals surface area contributed by atoms with Crippen LogP contribution < -0.4 is 5.73 Å². The van der Waals surface area contributed by atoms with Crippen LogP contribution in [0.1, 0.15) is 29.9 Å². The molecule has 3 N–H and O–H groups in total. The highest BCUT2D eigenvalue weighted by molar-refractivity contribution is 6.30. The van der Waals surface area contributed by atoms with Gasteiger partial charge in [-0.1, -0.05) is 41.9 Å². The highest BCUT2D eigenvalue weighted by atomic mass is 35.5. The smallest absolute Gasteiger partial charge is 0.323 e. The summed E-state index contributed by atoms with van der Waals surface area (Å²) in [6, 6.07) is 10.5. The normalized spacial score (nSPS) is 21.7. The van der Waals surface area contributed by atoms with Crippen molar-refractivity contribution in [3.8, 4) is 0 Å². The molecule has 5 rings (SSSR count). The molecule has 1 saturated heterocycles. The summed E-state index contributed by atoms with van der Waals surface area (Å²) < 4.78 is 15.8. The summed E-state index contributed by atoms with van der Waals surface area (Å²) >= 11 is 5.89. The Balaban J connectivity index is 1.36. The lowest BCUT2D eigenvalue weighted by Crippen LogP contribution is -2.44. The summed E-state index contributed by atoms with van der Waals surface area (Å²) in [6.45, 7) is 0.0775. The van der Waals surface area contributed by atoms with Crippen LogP contribution in [0.2, 0.25) is 5.02 Å². The van der Waals surface area contributed by atoms with Crippen LogP contribution in [-0.2, 0) is 16.0 Å². The van der Waals surface area contributed by atoms with Crippen LogP contribution in [0.4, 0.5) is 9.18 Å². The zero-order valence-corrected chi connectivity index (χ0v) is 19.6. The fourth-order valence-corrected chi connectivity index (χ4v) is 5.63. The first-order chi connectivity index (χ1) is 16.8. The Labute approximate surface area is 206 Å². The number of nitrogens with two attached hydrogens (primary N) is 1. The predicted molar refractivity (Wildman–Crippen MR) is 129 cm³/mol. The van der Waals surface area contributed by atoms with Gasteiger partial charge in [0.1, 0.15) is 5.82 Å². The second-order valence-electron chi connectivity index (χ2n) is 9.40. The highest BCUT2D eigenvalue weighted by Crippen LogP contribution is 2.50. The molecule has 1 saturated carbocycles. The number of aliphatic hydroxyl groups excluding tert-OH is 1. The van der Waals surface area contributed by atoms with Gasteiger partial charge in [-0.2, -0.15) is 0 Å². The molecule has 1 aliphatic heterocycles. The molecule has 2 fully saturated rings. The fraction of sp³-hybridized carbons (Fsp3) is 0.346. The van der Waals surface area contributed by atoms with Crippen LogP contribution >= 0.6 is 11.6 Å². The van der Waals surface area contributed by atoms with Gasteiger partial charge in [-0.15, -0.1) is 0 Å². The number of carbonyl (C=O) groups is 3. The molecule has 9 heteroatoms. The van der Waals surface area contributed by atoms with Gasteiger partial charge < -0.3 is 15.7 Å². The van der Waals surface area contributed by atoms with E-state index in [1.165, 1.54) is 16.7 Å². The summed E-state index contributed by atoms with van der Waals surface area (Å²) in [5, 5.41) is 10.6. The van der Waals surface area contributed by atoms with Crippen molar-refractivity contribution < 1.29 is 23.9 Å². The highest BCUT2D eigenvalue weighted by Gasteiger charge is 2.56. The van der Waals surface area contributed by atoms with Crippen molar-refractivity contribution in [2.45, 2.75) is 31.2 Å². The van der Waals surface area contributed by atoms with Crippen molar-refractivity contribution >= 4 is 40.2 Å². The van der Waals surface area contributed by atoms with Crippen LogP contribution in [0.25, 0.3) is 10.9 Å². The SMILES string of the molecule is NC(=O)n1cc(CC(=O)N2C[C@H]3C[C@H]3[C@H]2C(=O)C[C@H](CO)c2cccc(Cl)c2F)c2ccccc21. The third-order valence-electron chi connectivity index (χ3n) is 7.26. The molecule has 4 atom stereocenters.